The lowest BCUT2D eigenvalue weighted by atomic mass is 10.2. The average molecular weight is 394 g/mol. The van der Waals surface area contributed by atoms with Gasteiger partial charge < -0.3 is 14.2 Å². The highest BCUT2D eigenvalue weighted by molar-refractivity contribution is 5.77. The largest absolute Gasteiger partial charge is 0.484 e. The van der Waals surface area contributed by atoms with Gasteiger partial charge in [0.15, 0.2) is 6.61 Å². The van der Waals surface area contributed by atoms with Crippen molar-refractivity contribution >= 4 is 5.91 Å². The Balaban J connectivity index is 1.25. The number of carbonyl (C=O) groups is 1. The van der Waals surface area contributed by atoms with Gasteiger partial charge in [-0.15, -0.1) is 10.2 Å². The van der Waals surface area contributed by atoms with Crippen LogP contribution in [0.15, 0.2) is 24.3 Å². The van der Waals surface area contributed by atoms with E-state index >= 15 is 0 Å². The number of nitrogens with zero attached hydrogens (tertiary/aromatic N) is 6. The maximum atomic E-state index is 12.5. The molecule has 8 heteroatoms. The summed E-state index contributed by atoms with van der Waals surface area (Å²) in [7, 11) is 0. The topological polar surface area (TPSA) is 87.3 Å². The number of nitriles is 1. The molecule has 0 atom stereocenters. The van der Waals surface area contributed by atoms with Gasteiger partial charge in [-0.3, -0.25) is 9.69 Å². The van der Waals surface area contributed by atoms with Crippen LogP contribution in [0.25, 0.3) is 0 Å². The SMILES string of the molecule is N#Cc1cccc(OCC(=O)N2CCN(Cc3nnc4n3CCCCC4)CC2)c1. The number of aryl methyl sites for hydroxylation is 1. The van der Waals surface area contributed by atoms with Gasteiger partial charge in [0.1, 0.15) is 17.4 Å². The zero-order valence-electron chi connectivity index (χ0n) is 16.6. The number of fused-ring (bicyclic) bond motifs is 1. The van der Waals surface area contributed by atoms with Gasteiger partial charge in [-0.05, 0) is 31.0 Å². The van der Waals surface area contributed by atoms with E-state index in [1.807, 2.05) is 4.90 Å². The number of rotatable bonds is 5. The minimum atomic E-state index is -0.0247. The number of aromatic nitrogens is 3. The van der Waals surface area contributed by atoms with Gasteiger partial charge in [0, 0.05) is 39.1 Å². The second-order valence-corrected chi connectivity index (χ2v) is 7.58. The number of ether oxygens (including phenoxy) is 1. The molecule has 0 aliphatic carbocycles. The van der Waals surface area contributed by atoms with Crippen molar-refractivity contribution in [3.05, 3.63) is 41.5 Å². The Labute approximate surface area is 170 Å². The molecule has 2 aromatic rings. The van der Waals surface area contributed by atoms with E-state index in [9.17, 15) is 4.79 Å². The minimum absolute atomic E-state index is 0.00737. The summed E-state index contributed by atoms with van der Waals surface area (Å²) in [4.78, 5) is 16.6. The maximum Gasteiger partial charge on any atom is 0.260 e. The van der Waals surface area contributed by atoms with Crippen LogP contribution in [-0.4, -0.2) is 63.3 Å². The summed E-state index contributed by atoms with van der Waals surface area (Å²) in [6.45, 7) is 4.79. The van der Waals surface area contributed by atoms with E-state index in [1.165, 1.54) is 19.3 Å². The molecule has 0 radical (unpaired) electrons. The zero-order chi connectivity index (χ0) is 20.1. The molecule has 2 aliphatic rings. The predicted molar refractivity (Wildman–Crippen MR) is 106 cm³/mol. The summed E-state index contributed by atoms with van der Waals surface area (Å²) >= 11 is 0. The number of amides is 1. The second-order valence-electron chi connectivity index (χ2n) is 7.58. The van der Waals surface area contributed by atoms with Crippen LogP contribution in [0.4, 0.5) is 0 Å². The fourth-order valence-corrected chi connectivity index (χ4v) is 3.91. The average Bonchev–Trinajstić information content (AvgIpc) is 2.98. The lowest BCUT2D eigenvalue weighted by molar-refractivity contribution is -0.135. The molecule has 1 aromatic carbocycles. The summed E-state index contributed by atoms with van der Waals surface area (Å²) < 4.78 is 7.86. The van der Waals surface area contributed by atoms with E-state index in [0.29, 0.717) is 24.4 Å². The van der Waals surface area contributed by atoms with Crippen LogP contribution in [-0.2, 0) is 24.3 Å². The number of benzene rings is 1. The zero-order valence-corrected chi connectivity index (χ0v) is 16.6. The molecule has 0 saturated carbocycles. The highest BCUT2D eigenvalue weighted by Crippen LogP contribution is 2.17. The fourth-order valence-electron chi connectivity index (χ4n) is 3.91. The first-order valence-corrected chi connectivity index (χ1v) is 10.3. The van der Waals surface area contributed by atoms with E-state index in [-0.39, 0.29) is 12.5 Å². The normalized spacial score (nSPS) is 17.3. The molecule has 0 bridgehead atoms. The van der Waals surface area contributed by atoms with Gasteiger partial charge in [-0.25, -0.2) is 0 Å². The highest BCUT2D eigenvalue weighted by atomic mass is 16.5. The van der Waals surface area contributed by atoms with Crippen LogP contribution in [0.2, 0.25) is 0 Å². The molecule has 8 nitrogen and oxygen atoms in total. The Morgan fingerprint density at radius 3 is 2.79 bits per heavy atom. The smallest absolute Gasteiger partial charge is 0.260 e. The molecule has 4 rings (SSSR count). The lowest BCUT2D eigenvalue weighted by Crippen LogP contribution is -2.49. The molecule has 1 aromatic heterocycles. The van der Waals surface area contributed by atoms with Gasteiger partial charge in [-0.1, -0.05) is 12.5 Å². The number of hydrogen-bond donors (Lipinski definition) is 0. The Kier molecular flexibility index (Phi) is 6.06. The van der Waals surface area contributed by atoms with Gasteiger partial charge in [0.05, 0.1) is 18.2 Å². The van der Waals surface area contributed by atoms with Crippen molar-refractivity contribution in [1.29, 1.82) is 5.26 Å². The summed E-state index contributed by atoms with van der Waals surface area (Å²) in [6, 6.07) is 8.94. The highest BCUT2D eigenvalue weighted by Gasteiger charge is 2.23. The monoisotopic (exact) mass is 394 g/mol. The van der Waals surface area contributed by atoms with Crippen LogP contribution in [0.3, 0.4) is 0 Å². The van der Waals surface area contributed by atoms with Crippen molar-refractivity contribution in [3.63, 3.8) is 0 Å². The molecule has 2 aliphatic heterocycles. The Morgan fingerprint density at radius 2 is 1.97 bits per heavy atom. The van der Waals surface area contributed by atoms with E-state index < -0.39 is 0 Å². The molecule has 3 heterocycles. The molecular formula is C21H26N6O2. The summed E-state index contributed by atoms with van der Waals surface area (Å²) in [6.07, 6.45) is 4.67. The first-order chi connectivity index (χ1) is 14.2. The third-order valence-electron chi connectivity index (χ3n) is 5.60. The Bertz CT molecular complexity index is 895. The van der Waals surface area contributed by atoms with Crippen molar-refractivity contribution in [3.8, 4) is 11.8 Å². The van der Waals surface area contributed by atoms with E-state index in [0.717, 1.165) is 44.2 Å². The van der Waals surface area contributed by atoms with Gasteiger partial charge >= 0.3 is 0 Å². The summed E-state index contributed by atoms with van der Waals surface area (Å²) in [5.74, 6) is 2.68. The molecule has 152 valence electrons. The molecule has 0 N–H and O–H groups in total. The summed E-state index contributed by atoms with van der Waals surface area (Å²) in [5, 5.41) is 17.7. The molecular weight excluding hydrogens is 368 g/mol. The molecule has 29 heavy (non-hydrogen) atoms. The number of carbonyl (C=O) groups excluding carboxylic acids is 1. The minimum Gasteiger partial charge on any atom is -0.484 e. The van der Waals surface area contributed by atoms with Gasteiger partial charge in [0.2, 0.25) is 0 Å². The molecule has 1 fully saturated rings. The van der Waals surface area contributed by atoms with Crippen LogP contribution >= 0.6 is 0 Å². The Hall–Kier alpha value is -2.92. The molecule has 1 amide bonds. The van der Waals surface area contributed by atoms with Crippen molar-refractivity contribution in [2.75, 3.05) is 32.8 Å². The Morgan fingerprint density at radius 1 is 1.10 bits per heavy atom. The number of piperazine rings is 1. The first-order valence-electron chi connectivity index (χ1n) is 10.3. The van der Waals surface area contributed by atoms with Gasteiger partial charge in [0.25, 0.3) is 5.91 Å². The standard InChI is InChI=1S/C21H26N6O2/c22-14-17-5-4-6-18(13-17)29-16-21(28)26-11-9-25(10-12-26)15-20-24-23-19-7-2-1-3-8-27(19)20/h4-6,13H,1-3,7-12,15-16H2. The van der Waals surface area contributed by atoms with E-state index in [1.54, 1.807) is 24.3 Å². The number of hydrogen-bond acceptors (Lipinski definition) is 6. The lowest BCUT2D eigenvalue weighted by Gasteiger charge is -2.34. The molecule has 0 unspecified atom stereocenters. The third-order valence-corrected chi connectivity index (χ3v) is 5.60. The third kappa shape index (κ3) is 4.74. The van der Waals surface area contributed by atoms with E-state index in [4.69, 9.17) is 10.00 Å². The predicted octanol–water partition coefficient (Wildman–Crippen LogP) is 1.60. The maximum absolute atomic E-state index is 12.5. The first kappa shape index (κ1) is 19.4. The fraction of sp³-hybridized carbons (Fsp3) is 0.524. The molecule has 1 saturated heterocycles. The summed E-state index contributed by atoms with van der Waals surface area (Å²) in [5.41, 5.74) is 0.523. The van der Waals surface area contributed by atoms with Crippen molar-refractivity contribution in [2.45, 2.75) is 38.8 Å². The van der Waals surface area contributed by atoms with Crippen LogP contribution in [0.5, 0.6) is 5.75 Å². The van der Waals surface area contributed by atoms with Crippen molar-refractivity contribution < 1.29 is 9.53 Å². The van der Waals surface area contributed by atoms with E-state index in [2.05, 4.69) is 25.7 Å². The molecule has 0 spiro atoms. The van der Waals surface area contributed by atoms with Crippen molar-refractivity contribution in [2.24, 2.45) is 0 Å². The second kappa shape index (κ2) is 9.05. The van der Waals surface area contributed by atoms with Crippen molar-refractivity contribution in [1.82, 2.24) is 24.6 Å². The van der Waals surface area contributed by atoms with Crippen LogP contribution < -0.4 is 4.74 Å². The quantitative estimate of drug-likeness (QED) is 0.766. The van der Waals surface area contributed by atoms with Crippen LogP contribution in [0, 0.1) is 11.3 Å². The van der Waals surface area contributed by atoms with Crippen LogP contribution in [0.1, 0.15) is 36.5 Å². The van der Waals surface area contributed by atoms with Gasteiger partial charge in [-0.2, -0.15) is 5.26 Å².